The summed E-state index contributed by atoms with van der Waals surface area (Å²) in [7, 11) is -1.58. The topological polar surface area (TPSA) is 17.1 Å². The second-order valence-corrected chi connectivity index (χ2v) is 12.6. The van der Waals surface area contributed by atoms with E-state index < -0.39 is 8.07 Å². The van der Waals surface area contributed by atoms with Crippen LogP contribution in [0.1, 0.15) is 21.5 Å². The van der Waals surface area contributed by atoms with Crippen molar-refractivity contribution in [2.24, 2.45) is 0 Å². The van der Waals surface area contributed by atoms with E-state index in [0.29, 0.717) is 0 Å². The molecule has 4 rings (SSSR count). The van der Waals surface area contributed by atoms with Crippen LogP contribution >= 0.6 is 0 Å². The summed E-state index contributed by atoms with van der Waals surface area (Å²) in [5.41, 5.74) is 5.33. The minimum Gasteiger partial charge on any atom is -0.289 e. The zero-order valence-electron chi connectivity index (χ0n) is 14.0. The number of benzene rings is 3. The summed E-state index contributed by atoms with van der Waals surface area (Å²) in [6.45, 7) is 9.18. The van der Waals surface area contributed by atoms with Crippen molar-refractivity contribution < 1.29 is 4.79 Å². The van der Waals surface area contributed by atoms with Crippen LogP contribution in [0, 0.1) is 6.92 Å². The maximum atomic E-state index is 13.1. The van der Waals surface area contributed by atoms with Gasteiger partial charge < -0.3 is 0 Å². The van der Waals surface area contributed by atoms with Gasteiger partial charge in [-0.05, 0) is 28.8 Å². The molecule has 0 aliphatic heterocycles. The molecular formula is C21H20OSi. The number of carbonyl (C=O) groups excluding carboxylic acids is 1. The van der Waals surface area contributed by atoms with E-state index in [9.17, 15) is 4.79 Å². The van der Waals surface area contributed by atoms with Crippen LogP contribution in [-0.2, 0) is 0 Å². The van der Waals surface area contributed by atoms with Crippen LogP contribution in [0.25, 0.3) is 21.9 Å². The molecule has 0 spiro atoms. The standard InChI is InChI=1S/C21H20OSi/c1-13-9-10-15-14(11-13)12-18(23(2,3)4)19-16-7-5-6-8-17(16)21(22)20(15)19/h5-12H,1-4H3. The number of hydrogen-bond donors (Lipinski definition) is 0. The Morgan fingerprint density at radius 3 is 2.22 bits per heavy atom. The fraction of sp³-hybridized carbons (Fsp3) is 0.190. The van der Waals surface area contributed by atoms with E-state index in [1.54, 1.807) is 0 Å². The lowest BCUT2D eigenvalue weighted by molar-refractivity contribution is 0.104. The van der Waals surface area contributed by atoms with Crippen molar-refractivity contribution in [1.82, 2.24) is 0 Å². The van der Waals surface area contributed by atoms with Gasteiger partial charge in [-0.15, -0.1) is 0 Å². The predicted octanol–water partition coefficient (Wildman–Crippen LogP) is 4.90. The largest absolute Gasteiger partial charge is 0.289 e. The SMILES string of the molecule is Cc1ccc2c3c(c([Si](C)(C)C)cc2c1)-c1ccccc1C3=O. The summed E-state index contributed by atoms with van der Waals surface area (Å²) in [5.74, 6) is 0.185. The van der Waals surface area contributed by atoms with Crippen molar-refractivity contribution in [2.45, 2.75) is 26.6 Å². The average Bonchev–Trinajstić information content (AvgIpc) is 2.79. The van der Waals surface area contributed by atoms with E-state index in [2.05, 4.69) is 56.9 Å². The zero-order chi connectivity index (χ0) is 16.4. The Morgan fingerprint density at radius 1 is 0.826 bits per heavy atom. The lowest BCUT2D eigenvalue weighted by Crippen LogP contribution is -2.39. The smallest absolute Gasteiger partial charge is 0.194 e. The molecule has 0 radical (unpaired) electrons. The van der Waals surface area contributed by atoms with Crippen LogP contribution in [0.4, 0.5) is 0 Å². The van der Waals surface area contributed by atoms with E-state index in [0.717, 1.165) is 22.1 Å². The maximum Gasteiger partial charge on any atom is 0.194 e. The third-order valence-corrected chi connectivity index (χ3v) is 6.78. The van der Waals surface area contributed by atoms with Crippen molar-refractivity contribution in [3.05, 3.63) is 65.2 Å². The minimum absolute atomic E-state index is 0.185. The molecule has 1 aliphatic carbocycles. The first-order chi connectivity index (χ1) is 10.9. The molecule has 23 heavy (non-hydrogen) atoms. The molecule has 1 aliphatic rings. The normalized spacial score (nSPS) is 13.3. The van der Waals surface area contributed by atoms with Gasteiger partial charge in [-0.1, -0.05) is 78.9 Å². The van der Waals surface area contributed by atoms with Crippen LogP contribution in [0.5, 0.6) is 0 Å². The van der Waals surface area contributed by atoms with Gasteiger partial charge in [0.05, 0.1) is 8.07 Å². The average molecular weight is 316 g/mol. The third-order valence-electron chi connectivity index (χ3n) is 4.77. The number of hydrogen-bond acceptors (Lipinski definition) is 1. The molecular weight excluding hydrogens is 296 g/mol. The van der Waals surface area contributed by atoms with Gasteiger partial charge in [0.25, 0.3) is 0 Å². The fourth-order valence-electron chi connectivity index (χ4n) is 3.67. The molecule has 3 aromatic rings. The highest BCUT2D eigenvalue weighted by atomic mass is 28.3. The summed E-state index contributed by atoms with van der Waals surface area (Å²) in [5, 5.41) is 3.68. The van der Waals surface area contributed by atoms with Gasteiger partial charge in [-0.25, -0.2) is 0 Å². The minimum atomic E-state index is -1.58. The van der Waals surface area contributed by atoms with Gasteiger partial charge in [0.15, 0.2) is 5.78 Å². The Kier molecular flexibility index (Phi) is 2.91. The second kappa shape index (κ2) is 4.65. The third kappa shape index (κ3) is 2.02. The molecule has 114 valence electrons. The van der Waals surface area contributed by atoms with Gasteiger partial charge in [0, 0.05) is 11.1 Å². The molecule has 0 atom stereocenters. The molecule has 0 saturated heterocycles. The summed E-state index contributed by atoms with van der Waals surface area (Å²) in [6, 6.07) is 16.8. The van der Waals surface area contributed by atoms with Gasteiger partial charge >= 0.3 is 0 Å². The zero-order valence-corrected chi connectivity index (χ0v) is 15.0. The lowest BCUT2D eigenvalue weighted by Gasteiger charge is -2.22. The van der Waals surface area contributed by atoms with E-state index in [1.807, 2.05) is 18.2 Å². The molecule has 0 unspecified atom stereocenters. The van der Waals surface area contributed by atoms with Crippen molar-refractivity contribution in [3.8, 4) is 11.1 Å². The Balaban J connectivity index is 2.22. The molecule has 1 nitrogen and oxygen atoms in total. The van der Waals surface area contributed by atoms with E-state index in [1.165, 1.54) is 21.7 Å². The number of fused-ring (bicyclic) bond motifs is 5. The maximum absolute atomic E-state index is 13.1. The molecule has 0 aromatic heterocycles. The van der Waals surface area contributed by atoms with Crippen LogP contribution in [0.2, 0.25) is 19.6 Å². The summed E-state index contributed by atoms with van der Waals surface area (Å²) >= 11 is 0. The molecule has 0 N–H and O–H groups in total. The highest BCUT2D eigenvalue weighted by Crippen LogP contribution is 2.40. The summed E-state index contributed by atoms with van der Waals surface area (Å²) in [4.78, 5) is 13.1. The fourth-order valence-corrected chi connectivity index (χ4v) is 5.27. The van der Waals surface area contributed by atoms with Crippen LogP contribution < -0.4 is 5.19 Å². The summed E-state index contributed by atoms with van der Waals surface area (Å²) < 4.78 is 0. The Hall–Kier alpha value is -2.19. The van der Waals surface area contributed by atoms with E-state index >= 15 is 0 Å². The predicted molar refractivity (Wildman–Crippen MR) is 101 cm³/mol. The molecule has 0 bridgehead atoms. The van der Waals surface area contributed by atoms with E-state index in [-0.39, 0.29) is 5.78 Å². The quantitative estimate of drug-likeness (QED) is 0.456. The first-order valence-corrected chi connectivity index (χ1v) is 11.6. The molecule has 0 amide bonds. The molecule has 0 fully saturated rings. The molecule has 0 heterocycles. The summed E-state index contributed by atoms with van der Waals surface area (Å²) in [6.07, 6.45) is 0. The highest BCUT2D eigenvalue weighted by Gasteiger charge is 2.34. The molecule has 3 aromatic carbocycles. The van der Waals surface area contributed by atoms with Gasteiger partial charge in [0.1, 0.15) is 0 Å². The first-order valence-electron chi connectivity index (χ1n) is 8.10. The molecule has 2 heteroatoms. The molecule has 0 saturated carbocycles. The first kappa shape index (κ1) is 14.4. The van der Waals surface area contributed by atoms with Crippen LogP contribution in [0.15, 0.2) is 48.5 Å². The van der Waals surface area contributed by atoms with Gasteiger partial charge in [-0.3, -0.25) is 4.79 Å². The van der Waals surface area contributed by atoms with Crippen molar-refractivity contribution >= 4 is 29.8 Å². The van der Waals surface area contributed by atoms with Crippen molar-refractivity contribution in [3.63, 3.8) is 0 Å². The Bertz CT molecular complexity index is 977. The van der Waals surface area contributed by atoms with Gasteiger partial charge in [-0.2, -0.15) is 0 Å². The van der Waals surface area contributed by atoms with Gasteiger partial charge in [0.2, 0.25) is 0 Å². The number of ketones is 1. The Labute approximate surface area is 138 Å². The lowest BCUT2D eigenvalue weighted by atomic mass is 9.97. The van der Waals surface area contributed by atoms with Crippen molar-refractivity contribution in [2.75, 3.05) is 0 Å². The number of carbonyl (C=O) groups is 1. The van der Waals surface area contributed by atoms with Crippen molar-refractivity contribution in [1.29, 1.82) is 0 Å². The monoisotopic (exact) mass is 316 g/mol. The number of rotatable bonds is 1. The van der Waals surface area contributed by atoms with E-state index in [4.69, 9.17) is 0 Å². The van der Waals surface area contributed by atoms with Crippen LogP contribution in [0.3, 0.4) is 0 Å². The second-order valence-electron chi connectivity index (χ2n) is 7.52. The highest BCUT2D eigenvalue weighted by molar-refractivity contribution is 6.90. The van der Waals surface area contributed by atoms with Crippen LogP contribution in [-0.4, -0.2) is 13.9 Å². The number of aryl methyl sites for hydroxylation is 1. The Morgan fingerprint density at radius 2 is 1.52 bits per heavy atom.